The summed E-state index contributed by atoms with van der Waals surface area (Å²) in [6, 6.07) is 15.0. The first kappa shape index (κ1) is 33.7. The zero-order valence-electron chi connectivity index (χ0n) is 28.5. The van der Waals surface area contributed by atoms with Crippen LogP contribution in [0.25, 0.3) is 11.0 Å². The zero-order chi connectivity index (χ0) is 34.1. The summed E-state index contributed by atoms with van der Waals surface area (Å²) in [6.45, 7) is 12.8. The number of hydrogen-bond acceptors (Lipinski definition) is 10. The first-order valence-electron chi connectivity index (χ1n) is 15.7. The highest BCUT2D eigenvalue weighted by molar-refractivity contribution is 5.97. The lowest BCUT2D eigenvalue weighted by Gasteiger charge is -2.39. The summed E-state index contributed by atoms with van der Waals surface area (Å²) >= 11 is 0. The van der Waals surface area contributed by atoms with Crippen molar-refractivity contribution in [3.63, 3.8) is 0 Å². The molecule has 12 heteroatoms. The van der Waals surface area contributed by atoms with Crippen LogP contribution in [0.5, 0.6) is 5.75 Å². The summed E-state index contributed by atoms with van der Waals surface area (Å²) in [6.07, 6.45) is 1.23. The van der Waals surface area contributed by atoms with Crippen LogP contribution < -0.4 is 25.4 Å². The van der Waals surface area contributed by atoms with Gasteiger partial charge in [0.25, 0.3) is 5.56 Å². The molecule has 0 unspecified atom stereocenters. The van der Waals surface area contributed by atoms with E-state index >= 15 is 0 Å². The number of ether oxygens (including phenoxy) is 2. The predicted molar refractivity (Wildman–Crippen MR) is 186 cm³/mol. The molecule has 250 valence electrons. The van der Waals surface area contributed by atoms with Gasteiger partial charge in [0.15, 0.2) is 0 Å². The summed E-state index contributed by atoms with van der Waals surface area (Å²) in [4.78, 5) is 42.4. The number of hydrogen-bond donors (Lipinski definition) is 2. The largest absolute Gasteiger partial charge is 0.492 e. The second kappa shape index (κ2) is 13.2. The number of nitrogens with zero attached hydrogens (tertiary/aromatic N) is 6. The Morgan fingerprint density at radius 2 is 1.77 bits per heavy atom. The minimum Gasteiger partial charge on any atom is -0.492 e. The van der Waals surface area contributed by atoms with Gasteiger partial charge in [-0.3, -0.25) is 14.3 Å². The van der Waals surface area contributed by atoms with E-state index in [4.69, 9.17) is 14.5 Å². The lowest BCUT2D eigenvalue weighted by atomic mass is 10.1. The van der Waals surface area contributed by atoms with Crippen LogP contribution in [0, 0.1) is 6.92 Å². The summed E-state index contributed by atoms with van der Waals surface area (Å²) in [7, 11) is 3.99. The molecule has 1 aliphatic rings. The number of nitrogens with one attached hydrogen (secondary N) is 1. The first-order chi connectivity index (χ1) is 22.1. The van der Waals surface area contributed by atoms with Crippen molar-refractivity contribution in [1.29, 1.82) is 0 Å². The van der Waals surface area contributed by atoms with Crippen LogP contribution in [0.2, 0.25) is 0 Å². The number of pyridine rings is 1. The highest BCUT2D eigenvalue weighted by Crippen LogP contribution is 2.40. The van der Waals surface area contributed by atoms with Crippen LogP contribution in [-0.2, 0) is 11.3 Å². The molecule has 2 N–H and O–H groups in total. The van der Waals surface area contributed by atoms with E-state index in [1.165, 1.54) is 4.57 Å². The molecule has 1 amide bonds. The third kappa shape index (κ3) is 8.01. The standard InChI is InChI=1S/C35H45N7O5/c1-23-10-9-11-27-29(23)41(33(44)47-34(2,3)4)17-16-40(27)28-20-24-21-36-32(38-30(24)42(31(28)43)22-35(5,6)45)37-25-12-14-26(15-13-25)46-19-18-39(7)8/h9-15,20-21,45H,16-19,22H2,1-8H3,(H,36,37,38). The lowest BCUT2D eigenvalue weighted by Crippen LogP contribution is -2.46. The average molecular weight is 644 g/mol. The summed E-state index contributed by atoms with van der Waals surface area (Å²) < 4.78 is 13.0. The van der Waals surface area contributed by atoms with Crippen LogP contribution in [0.4, 0.5) is 33.5 Å². The van der Waals surface area contributed by atoms with Crippen LogP contribution in [0.15, 0.2) is 59.5 Å². The number of rotatable bonds is 9. The Kier molecular flexibility index (Phi) is 9.46. The second-order valence-electron chi connectivity index (χ2n) is 13.7. The molecule has 0 radical (unpaired) electrons. The van der Waals surface area contributed by atoms with Crippen LogP contribution in [0.3, 0.4) is 0 Å². The van der Waals surface area contributed by atoms with E-state index in [9.17, 15) is 14.7 Å². The molecule has 3 heterocycles. The van der Waals surface area contributed by atoms with E-state index in [0.29, 0.717) is 53.7 Å². The number of benzene rings is 2. The number of anilines is 5. The van der Waals surface area contributed by atoms with Gasteiger partial charge in [-0.05, 0) is 97.6 Å². The molecule has 0 saturated carbocycles. The van der Waals surface area contributed by atoms with Gasteiger partial charge in [0.05, 0.1) is 23.5 Å². The van der Waals surface area contributed by atoms with Gasteiger partial charge in [-0.15, -0.1) is 0 Å². The van der Waals surface area contributed by atoms with Crippen LogP contribution >= 0.6 is 0 Å². The summed E-state index contributed by atoms with van der Waals surface area (Å²) in [5.74, 6) is 1.06. The zero-order valence-corrected chi connectivity index (χ0v) is 28.5. The Morgan fingerprint density at radius 1 is 1.04 bits per heavy atom. The molecule has 0 saturated heterocycles. The van der Waals surface area contributed by atoms with E-state index in [0.717, 1.165) is 23.5 Å². The number of para-hydroxylation sites is 1. The van der Waals surface area contributed by atoms with E-state index in [1.807, 2.05) is 89.2 Å². The molecule has 4 aromatic rings. The molecule has 1 aliphatic heterocycles. The predicted octanol–water partition coefficient (Wildman–Crippen LogP) is 5.45. The monoisotopic (exact) mass is 643 g/mol. The Balaban J connectivity index is 1.51. The molecule has 47 heavy (non-hydrogen) atoms. The normalized spacial score (nSPS) is 13.6. The van der Waals surface area contributed by atoms with Gasteiger partial charge in [-0.1, -0.05) is 12.1 Å². The van der Waals surface area contributed by atoms with E-state index in [-0.39, 0.29) is 12.1 Å². The average Bonchev–Trinajstić information content (AvgIpc) is 2.98. The third-order valence-electron chi connectivity index (χ3n) is 7.50. The Labute approximate surface area is 275 Å². The molecular weight excluding hydrogens is 598 g/mol. The maximum Gasteiger partial charge on any atom is 0.414 e. The maximum absolute atomic E-state index is 14.3. The van der Waals surface area contributed by atoms with Gasteiger partial charge in [0, 0.05) is 36.9 Å². The van der Waals surface area contributed by atoms with E-state index < -0.39 is 17.3 Å². The molecular formula is C35H45N7O5. The number of fused-ring (bicyclic) bond motifs is 2. The van der Waals surface area contributed by atoms with Crippen molar-refractivity contribution < 1.29 is 19.4 Å². The van der Waals surface area contributed by atoms with Crippen molar-refractivity contribution in [3.8, 4) is 5.75 Å². The van der Waals surface area contributed by atoms with Crippen molar-refractivity contribution in [2.75, 3.05) is 55.5 Å². The molecule has 12 nitrogen and oxygen atoms in total. The number of aryl methyl sites for hydroxylation is 1. The summed E-state index contributed by atoms with van der Waals surface area (Å²) in [5, 5.41) is 14.7. The van der Waals surface area contributed by atoms with Gasteiger partial charge in [0.1, 0.15) is 29.3 Å². The minimum atomic E-state index is -1.21. The molecule has 2 aromatic carbocycles. The second-order valence-corrected chi connectivity index (χ2v) is 13.7. The molecule has 5 rings (SSSR count). The molecule has 2 aromatic heterocycles. The fourth-order valence-corrected chi connectivity index (χ4v) is 5.44. The quantitative estimate of drug-likeness (QED) is 0.243. The van der Waals surface area contributed by atoms with Crippen molar-refractivity contribution >= 4 is 45.8 Å². The number of amides is 1. The molecule has 0 bridgehead atoms. The van der Waals surface area contributed by atoms with Crippen molar-refractivity contribution in [1.82, 2.24) is 19.4 Å². The SMILES string of the molecule is Cc1cccc2c1N(C(=O)OC(C)(C)C)CCN2c1cc2cnc(Nc3ccc(OCCN(C)C)cc3)nc2n(CC(C)(C)O)c1=O. The van der Waals surface area contributed by atoms with Gasteiger partial charge >= 0.3 is 6.09 Å². The van der Waals surface area contributed by atoms with Gasteiger partial charge < -0.3 is 29.7 Å². The molecule has 0 aliphatic carbocycles. The Morgan fingerprint density at radius 3 is 2.43 bits per heavy atom. The highest BCUT2D eigenvalue weighted by atomic mass is 16.6. The fourth-order valence-electron chi connectivity index (χ4n) is 5.44. The minimum absolute atomic E-state index is 0.00413. The number of aromatic nitrogens is 3. The summed E-state index contributed by atoms with van der Waals surface area (Å²) in [5.41, 5.74) is 1.63. The van der Waals surface area contributed by atoms with Crippen LogP contribution in [-0.4, -0.2) is 82.2 Å². The number of carbonyl (C=O) groups excluding carboxylic acids is 1. The number of aliphatic hydroxyl groups is 1. The third-order valence-corrected chi connectivity index (χ3v) is 7.50. The number of likely N-dealkylation sites (N-methyl/N-ethyl adjacent to an activating group) is 1. The first-order valence-corrected chi connectivity index (χ1v) is 15.7. The Bertz CT molecular complexity index is 1810. The van der Waals surface area contributed by atoms with E-state index in [2.05, 4.69) is 15.2 Å². The maximum atomic E-state index is 14.3. The van der Waals surface area contributed by atoms with Crippen molar-refractivity contribution in [2.24, 2.45) is 0 Å². The van der Waals surface area contributed by atoms with Gasteiger partial charge in [-0.25, -0.2) is 9.78 Å². The van der Waals surface area contributed by atoms with Crippen LogP contribution in [0.1, 0.15) is 40.2 Å². The van der Waals surface area contributed by atoms with Gasteiger partial charge in [-0.2, -0.15) is 4.98 Å². The topological polar surface area (TPSA) is 125 Å². The Hall–Kier alpha value is -4.68. The highest BCUT2D eigenvalue weighted by Gasteiger charge is 2.33. The molecule has 0 fully saturated rings. The van der Waals surface area contributed by atoms with Crippen molar-refractivity contribution in [3.05, 3.63) is 70.6 Å². The molecule has 0 spiro atoms. The van der Waals surface area contributed by atoms with Gasteiger partial charge in [0.2, 0.25) is 5.95 Å². The number of carbonyl (C=O) groups is 1. The molecule has 0 atom stereocenters. The smallest absolute Gasteiger partial charge is 0.414 e. The fraction of sp³-hybridized carbons (Fsp3) is 0.429. The lowest BCUT2D eigenvalue weighted by molar-refractivity contribution is 0.0577. The van der Waals surface area contributed by atoms with E-state index in [1.54, 1.807) is 31.0 Å². The van der Waals surface area contributed by atoms with Crippen molar-refractivity contribution in [2.45, 2.75) is 59.3 Å².